The fourth-order valence-corrected chi connectivity index (χ4v) is 1.97. The minimum absolute atomic E-state index is 0.111. The lowest BCUT2D eigenvalue weighted by Crippen LogP contribution is -2.22. The Morgan fingerprint density at radius 1 is 1.23 bits per heavy atom. The maximum atomic E-state index is 12.1. The molecule has 0 saturated heterocycles. The molecule has 0 amide bonds. The average molecular weight is 368 g/mol. The number of halogens is 3. The summed E-state index contributed by atoms with van der Waals surface area (Å²) in [7, 11) is 0. The lowest BCUT2D eigenvalue weighted by Gasteiger charge is -2.10. The molecule has 0 radical (unpaired) electrons. The average Bonchev–Trinajstić information content (AvgIpc) is 2.59. The van der Waals surface area contributed by atoms with Crippen molar-refractivity contribution in [3.63, 3.8) is 0 Å². The van der Waals surface area contributed by atoms with E-state index in [1.807, 2.05) is 13.0 Å². The van der Waals surface area contributed by atoms with Crippen LogP contribution in [0.3, 0.4) is 0 Å². The summed E-state index contributed by atoms with van der Waals surface area (Å²) in [5.41, 5.74) is 7.07. The number of nitrogens with one attached hydrogen (secondary N) is 1. The second-order valence-corrected chi connectivity index (χ2v) is 5.21. The minimum Gasteiger partial charge on any atom is -0.477 e. The highest BCUT2D eigenvalue weighted by molar-refractivity contribution is 5.92. The van der Waals surface area contributed by atoms with Gasteiger partial charge in [-0.3, -0.25) is 0 Å². The molecule has 2 rings (SSSR count). The first-order valence-corrected chi connectivity index (χ1v) is 7.87. The largest absolute Gasteiger partial charge is 0.573 e. The highest BCUT2D eigenvalue weighted by Gasteiger charge is 2.30. The van der Waals surface area contributed by atoms with Crippen LogP contribution in [0.4, 0.5) is 18.9 Å². The lowest BCUT2D eigenvalue weighted by molar-refractivity contribution is -0.274. The van der Waals surface area contributed by atoms with Gasteiger partial charge in [-0.05, 0) is 36.8 Å². The number of alkyl halides is 3. The van der Waals surface area contributed by atoms with Crippen LogP contribution in [0.15, 0.2) is 47.6 Å². The van der Waals surface area contributed by atoms with Gasteiger partial charge >= 0.3 is 6.36 Å². The van der Waals surface area contributed by atoms with E-state index in [0.29, 0.717) is 18.2 Å². The fourth-order valence-electron chi connectivity index (χ4n) is 1.97. The quantitative estimate of drug-likeness (QED) is 0.575. The molecule has 9 heteroatoms. The van der Waals surface area contributed by atoms with E-state index in [1.165, 1.54) is 24.3 Å². The molecule has 140 valence electrons. The highest BCUT2D eigenvalue weighted by atomic mass is 19.4. The van der Waals surface area contributed by atoms with Crippen molar-refractivity contribution in [2.75, 3.05) is 11.9 Å². The van der Waals surface area contributed by atoms with Crippen molar-refractivity contribution < 1.29 is 22.6 Å². The van der Waals surface area contributed by atoms with Gasteiger partial charge in [0.05, 0.1) is 13.2 Å². The number of ether oxygens (including phenoxy) is 2. The van der Waals surface area contributed by atoms with Gasteiger partial charge in [-0.25, -0.2) is 9.98 Å². The Labute approximate surface area is 148 Å². The van der Waals surface area contributed by atoms with Gasteiger partial charge in [-0.2, -0.15) is 0 Å². The lowest BCUT2D eigenvalue weighted by atomic mass is 10.3. The summed E-state index contributed by atoms with van der Waals surface area (Å²) in [6.07, 6.45) is -2.24. The van der Waals surface area contributed by atoms with E-state index >= 15 is 0 Å². The number of benzene rings is 1. The normalized spacial score (nSPS) is 11.9. The van der Waals surface area contributed by atoms with E-state index in [0.717, 1.165) is 12.0 Å². The molecule has 0 aliphatic carbocycles. The molecule has 26 heavy (non-hydrogen) atoms. The van der Waals surface area contributed by atoms with Crippen molar-refractivity contribution in [3.8, 4) is 11.6 Å². The maximum Gasteiger partial charge on any atom is 0.573 e. The second-order valence-electron chi connectivity index (χ2n) is 5.21. The van der Waals surface area contributed by atoms with Gasteiger partial charge in [0.15, 0.2) is 5.96 Å². The zero-order valence-corrected chi connectivity index (χ0v) is 14.1. The Balaban J connectivity index is 1.96. The minimum atomic E-state index is -4.73. The third-order valence-corrected chi connectivity index (χ3v) is 3.07. The molecule has 0 bridgehead atoms. The molecule has 0 aliphatic rings. The third kappa shape index (κ3) is 6.50. The van der Waals surface area contributed by atoms with Crippen LogP contribution in [-0.4, -0.2) is 23.9 Å². The van der Waals surface area contributed by atoms with Crippen molar-refractivity contribution in [2.24, 2.45) is 10.7 Å². The van der Waals surface area contributed by atoms with Crippen molar-refractivity contribution in [1.29, 1.82) is 0 Å². The molecule has 0 saturated carbocycles. The number of nitrogens with two attached hydrogens (primary N) is 1. The summed E-state index contributed by atoms with van der Waals surface area (Å²) in [6, 6.07) is 8.78. The number of anilines is 1. The van der Waals surface area contributed by atoms with E-state index in [-0.39, 0.29) is 18.3 Å². The van der Waals surface area contributed by atoms with E-state index in [2.05, 4.69) is 20.0 Å². The van der Waals surface area contributed by atoms with Crippen LogP contribution in [0.2, 0.25) is 0 Å². The van der Waals surface area contributed by atoms with Gasteiger partial charge in [0.25, 0.3) is 0 Å². The summed E-state index contributed by atoms with van der Waals surface area (Å²) < 4.78 is 45.7. The molecule has 2 aromatic rings. The molecule has 1 aromatic carbocycles. The third-order valence-electron chi connectivity index (χ3n) is 3.07. The summed E-state index contributed by atoms with van der Waals surface area (Å²) in [5, 5.41) is 2.79. The predicted molar refractivity (Wildman–Crippen MR) is 92.1 cm³/mol. The molecule has 0 unspecified atom stereocenters. The van der Waals surface area contributed by atoms with E-state index in [4.69, 9.17) is 10.5 Å². The number of guanidine groups is 1. The zero-order chi connectivity index (χ0) is 19.0. The number of aromatic nitrogens is 1. The molecule has 0 aliphatic heterocycles. The number of pyridine rings is 1. The highest BCUT2D eigenvalue weighted by Crippen LogP contribution is 2.24. The van der Waals surface area contributed by atoms with Crippen LogP contribution in [0.1, 0.15) is 18.9 Å². The Bertz CT molecular complexity index is 734. The van der Waals surface area contributed by atoms with Crippen LogP contribution >= 0.6 is 0 Å². The molecule has 1 heterocycles. The number of aliphatic imine (C=N–C) groups is 1. The van der Waals surface area contributed by atoms with E-state index < -0.39 is 6.36 Å². The first-order chi connectivity index (χ1) is 12.4. The van der Waals surface area contributed by atoms with Gasteiger partial charge in [-0.1, -0.05) is 13.0 Å². The van der Waals surface area contributed by atoms with Crippen LogP contribution < -0.4 is 20.5 Å². The van der Waals surface area contributed by atoms with Gasteiger partial charge in [0, 0.05) is 17.4 Å². The number of hydrogen-bond acceptors (Lipinski definition) is 4. The summed E-state index contributed by atoms with van der Waals surface area (Å²) in [6.45, 7) is 2.79. The van der Waals surface area contributed by atoms with Crippen molar-refractivity contribution in [2.45, 2.75) is 26.3 Å². The summed E-state index contributed by atoms with van der Waals surface area (Å²) >= 11 is 0. The molecule has 6 nitrogen and oxygen atoms in total. The van der Waals surface area contributed by atoms with Gasteiger partial charge < -0.3 is 20.5 Å². The Hall–Kier alpha value is -2.97. The number of hydrogen-bond donors (Lipinski definition) is 2. The Morgan fingerprint density at radius 3 is 2.62 bits per heavy atom. The number of nitrogens with zero attached hydrogens (tertiary/aromatic N) is 2. The standard InChI is InChI=1S/C17H19F3N4O2/c1-2-10-25-15-12(4-3-9-22-15)11-23-16(21)24-13-5-7-14(8-6-13)26-17(18,19)20/h3-9H,2,10-11H2,1H3,(H3,21,23,24). The molecule has 0 fully saturated rings. The van der Waals surface area contributed by atoms with Gasteiger partial charge in [-0.15, -0.1) is 13.2 Å². The Kier molecular flexibility index (Phi) is 6.65. The summed E-state index contributed by atoms with van der Waals surface area (Å²) in [4.78, 5) is 8.35. The van der Waals surface area contributed by atoms with Crippen LogP contribution in [0.5, 0.6) is 11.6 Å². The molecule has 0 atom stereocenters. The molecular weight excluding hydrogens is 349 g/mol. The molecule has 3 N–H and O–H groups in total. The van der Waals surface area contributed by atoms with E-state index in [1.54, 1.807) is 12.3 Å². The SMILES string of the molecule is CCCOc1ncccc1CN=C(N)Nc1ccc(OC(F)(F)F)cc1. The fraction of sp³-hybridized carbons (Fsp3) is 0.294. The first-order valence-electron chi connectivity index (χ1n) is 7.87. The second kappa shape index (κ2) is 8.93. The number of rotatable bonds is 7. The Morgan fingerprint density at radius 2 is 1.96 bits per heavy atom. The molecule has 0 spiro atoms. The van der Waals surface area contributed by atoms with Crippen molar-refractivity contribution >= 4 is 11.6 Å². The van der Waals surface area contributed by atoms with Gasteiger partial charge in [0.1, 0.15) is 5.75 Å². The van der Waals surface area contributed by atoms with E-state index in [9.17, 15) is 13.2 Å². The van der Waals surface area contributed by atoms with Crippen molar-refractivity contribution in [1.82, 2.24) is 4.98 Å². The smallest absolute Gasteiger partial charge is 0.477 e. The maximum absolute atomic E-state index is 12.1. The van der Waals surface area contributed by atoms with Crippen LogP contribution in [0, 0.1) is 0 Å². The zero-order valence-electron chi connectivity index (χ0n) is 14.1. The van der Waals surface area contributed by atoms with Crippen LogP contribution in [-0.2, 0) is 6.54 Å². The monoisotopic (exact) mass is 368 g/mol. The summed E-state index contributed by atoms with van der Waals surface area (Å²) in [5.74, 6) is 0.297. The topological polar surface area (TPSA) is 81.8 Å². The van der Waals surface area contributed by atoms with Gasteiger partial charge in [0.2, 0.25) is 5.88 Å². The first kappa shape index (κ1) is 19.4. The molecule has 1 aromatic heterocycles. The molecular formula is C17H19F3N4O2. The van der Waals surface area contributed by atoms with Crippen LogP contribution in [0.25, 0.3) is 0 Å². The van der Waals surface area contributed by atoms with Crippen molar-refractivity contribution in [3.05, 3.63) is 48.2 Å². The predicted octanol–water partition coefficient (Wildman–Crippen LogP) is 3.70.